The number of carboxylic acids is 1. The zero-order chi connectivity index (χ0) is 23.4. The van der Waals surface area contributed by atoms with Gasteiger partial charge >= 0.3 is 5.97 Å². The van der Waals surface area contributed by atoms with Gasteiger partial charge in [0, 0.05) is 16.2 Å². The molecule has 6 nitrogen and oxygen atoms in total. The van der Waals surface area contributed by atoms with Crippen molar-refractivity contribution in [1.29, 1.82) is 0 Å². The van der Waals surface area contributed by atoms with Gasteiger partial charge in [-0.3, -0.25) is 9.20 Å². The number of carboxylic acid groups (broad SMARTS) is 1. The molecule has 0 aliphatic rings. The van der Waals surface area contributed by atoms with Crippen molar-refractivity contribution in [2.45, 2.75) is 6.61 Å². The van der Waals surface area contributed by atoms with Gasteiger partial charge in [-0.2, -0.15) is 0 Å². The van der Waals surface area contributed by atoms with Gasteiger partial charge in [-0.1, -0.05) is 49.1 Å². The van der Waals surface area contributed by atoms with Gasteiger partial charge in [0.2, 0.25) is 0 Å². The summed E-state index contributed by atoms with van der Waals surface area (Å²) in [5.74, 6) is -0.381. The molecule has 6 rings (SSSR count). The van der Waals surface area contributed by atoms with E-state index in [0.29, 0.717) is 34.4 Å². The minimum atomic E-state index is -1.04. The highest BCUT2D eigenvalue weighted by atomic mass is 16.5. The van der Waals surface area contributed by atoms with Crippen LogP contribution >= 0.6 is 0 Å². The highest BCUT2D eigenvalue weighted by molar-refractivity contribution is 6.16. The van der Waals surface area contributed by atoms with Crippen molar-refractivity contribution in [2.75, 3.05) is 0 Å². The van der Waals surface area contributed by atoms with Gasteiger partial charge in [0.05, 0.1) is 16.6 Å². The lowest BCUT2D eigenvalue weighted by atomic mass is 10.0. The quantitative estimate of drug-likeness (QED) is 0.378. The predicted molar refractivity (Wildman–Crippen MR) is 133 cm³/mol. The summed E-state index contributed by atoms with van der Waals surface area (Å²) in [5, 5.41) is 12.4. The van der Waals surface area contributed by atoms with Crippen LogP contribution in [0.15, 0.2) is 84.2 Å². The van der Waals surface area contributed by atoms with E-state index in [-0.39, 0.29) is 11.1 Å². The van der Waals surface area contributed by atoms with Crippen molar-refractivity contribution >= 4 is 50.3 Å². The summed E-state index contributed by atoms with van der Waals surface area (Å²) in [6.07, 6.45) is 1.79. The first-order chi connectivity index (χ1) is 16.5. The first-order valence-electron chi connectivity index (χ1n) is 10.8. The molecule has 4 aromatic carbocycles. The summed E-state index contributed by atoms with van der Waals surface area (Å²) < 4.78 is 7.67. The molecule has 0 saturated heterocycles. The molecule has 164 valence electrons. The Morgan fingerprint density at radius 2 is 1.85 bits per heavy atom. The third kappa shape index (κ3) is 3.00. The fourth-order valence-electron chi connectivity index (χ4n) is 4.47. The van der Waals surface area contributed by atoms with Gasteiger partial charge in [0.25, 0.3) is 5.56 Å². The van der Waals surface area contributed by atoms with Crippen LogP contribution in [0, 0.1) is 0 Å². The molecule has 0 unspecified atom stereocenters. The van der Waals surface area contributed by atoms with Gasteiger partial charge < -0.3 is 9.84 Å². The lowest BCUT2D eigenvalue weighted by molar-refractivity contribution is 0.0697. The second-order valence-electron chi connectivity index (χ2n) is 8.19. The van der Waals surface area contributed by atoms with Gasteiger partial charge in [0.1, 0.15) is 18.0 Å². The lowest BCUT2D eigenvalue weighted by Gasteiger charge is -2.12. The van der Waals surface area contributed by atoms with Crippen LogP contribution in [0.25, 0.3) is 44.3 Å². The fraction of sp³-hybridized carbons (Fsp3) is 0.0357. The number of aromatic carboxylic acids is 1. The highest BCUT2D eigenvalue weighted by Crippen LogP contribution is 2.33. The number of benzene rings is 4. The van der Waals surface area contributed by atoms with Gasteiger partial charge in [-0.05, 0) is 52.9 Å². The van der Waals surface area contributed by atoms with Crippen LogP contribution in [0.5, 0.6) is 5.75 Å². The second-order valence-corrected chi connectivity index (χ2v) is 8.19. The first-order valence-corrected chi connectivity index (χ1v) is 10.8. The maximum Gasteiger partial charge on any atom is 0.335 e. The summed E-state index contributed by atoms with van der Waals surface area (Å²) in [4.78, 5) is 29.5. The van der Waals surface area contributed by atoms with Crippen molar-refractivity contribution in [3.63, 3.8) is 0 Å². The van der Waals surface area contributed by atoms with Crippen LogP contribution < -0.4 is 10.3 Å². The summed E-state index contributed by atoms with van der Waals surface area (Å²) in [6.45, 7) is 4.16. The smallest absolute Gasteiger partial charge is 0.335 e. The predicted octanol–water partition coefficient (Wildman–Crippen LogP) is 5.51. The number of hydrogen-bond donors (Lipinski definition) is 1. The number of fused-ring (bicyclic) bond motifs is 4. The monoisotopic (exact) mass is 446 g/mol. The molecular weight excluding hydrogens is 428 g/mol. The summed E-state index contributed by atoms with van der Waals surface area (Å²) in [5.41, 5.74) is 3.51. The molecule has 0 bridgehead atoms. The highest BCUT2D eigenvalue weighted by Gasteiger charge is 2.18. The van der Waals surface area contributed by atoms with Crippen LogP contribution in [-0.4, -0.2) is 20.5 Å². The molecule has 0 fully saturated rings. The molecule has 6 aromatic rings. The molecule has 2 heterocycles. The Morgan fingerprint density at radius 3 is 2.62 bits per heavy atom. The van der Waals surface area contributed by atoms with Gasteiger partial charge in [0.15, 0.2) is 0 Å². The maximum absolute atomic E-state index is 13.4. The van der Waals surface area contributed by atoms with E-state index in [1.807, 2.05) is 48.5 Å². The average molecular weight is 446 g/mol. The van der Waals surface area contributed by atoms with E-state index < -0.39 is 5.97 Å². The molecule has 0 saturated carbocycles. The maximum atomic E-state index is 13.4. The van der Waals surface area contributed by atoms with E-state index >= 15 is 0 Å². The molecule has 6 heteroatoms. The molecular formula is C28H18N2O4. The first kappa shape index (κ1) is 19.9. The SMILES string of the molecule is C=Cc1ccc(COc2cc3cccc4c(=O)n5c6ccc(C(=O)O)cc6nc5c(c2)c34)cc1. The van der Waals surface area contributed by atoms with E-state index in [9.17, 15) is 14.7 Å². The normalized spacial score (nSPS) is 11.5. The van der Waals surface area contributed by atoms with E-state index in [1.54, 1.807) is 22.6 Å². The van der Waals surface area contributed by atoms with E-state index in [0.717, 1.165) is 27.3 Å². The van der Waals surface area contributed by atoms with Crippen molar-refractivity contribution in [3.05, 3.63) is 106 Å². The zero-order valence-electron chi connectivity index (χ0n) is 18.0. The zero-order valence-corrected chi connectivity index (χ0v) is 18.0. The van der Waals surface area contributed by atoms with E-state index in [1.165, 1.54) is 12.1 Å². The largest absolute Gasteiger partial charge is 0.489 e. The van der Waals surface area contributed by atoms with Crippen LogP contribution in [-0.2, 0) is 6.61 Å². The number of aromatic nitrogens is 2. The third-order valence-corrected chi connectivity index (χ3v) is 6.15. The fourth-order valence-corrected chi connectivity index (χ4v) is 4.47. The average Bonchev–Trinajstić information content (AvgIpc) is 3.25. The molecule has 0 aliphatic carbocycles. The Morgan fingerprint density at radius 1 is 1.03 bits per heavy atom. The van der Waals surface area contributed by atoms with Crippen LogP contribution in [0.1, 0.15) is 21.5 Å². The van der Waals surface area contributed by atoms with Gasteiger partial charge in [-0.25, -0.2) is 9.78 Å². The number of imidazole rings is 1. The Kier molecular flexibility index (Phi) is 4.35. The van der Waals surface area contributed by atoms with Crippen molar-refractivity contribution < 1.29 is 14.6 Å². The molecule has 0 aliphatic heterocycles. The number of rotatable bonds is 5. The summed E-state index contributed by atoms with van der Waals surface area (Å²) in [7, 11) is 0. The Labute approximate surface area is 193 Å². The third-order valence-electron chi connectivity index (χ3n) is 6.15. The van der Waals surface area contributed by atoms with Crippen LogP contribution in [0.4, 0.5) is 0 Å². The Bertz CT molecular complexity index is 1820. The Hall–Kier alpha value is -4.71. The summed E-state index contributed by atoms with van der Waals surface area (Å²) >= 11 is 0. The van der Waals surface area contributed by atoms with Crippen molar-refractivity contribution in [2.24, 2.45) is 0 Å². The van der Waals surface area contributed by atoms with Crippen LogP contribution in [0.2, 0.25) is 0 Å². The topological polar surface area (TPSA) is 80.9 Å². The number of nitrogens with zero attached hydrogens (tertiary/aromatic N) is 2. The van der Waals surface area contributed by atoms with Crippen molar-refractivity contribution in [1.82, 2.24) is 9.38 Å². The second kappa shape index (κ2) is 7.42. The van der Waals surface area contributed by atoms with Crippen LogP contribution in [0.3, 0.4) is 0 Å². The number of pyridine rings is 1. The molecule has 34 heavy (non-hydrogen) atoms. The van der Waals surface area contributed by atoms with E-state index in [4.69, 9.17) is 4.74 Å². The minimum absolute atomic E-state index is 0.123. The minimum Gasteiger partial charge on any atom is -0.489 e. The number of hydrogen-bond acceptors (Lipinski definition) is 4. The molecule has 0 amide bonds. The molecule has 2 aromatic heterocycles. The standard InChI is InChI=1S/C28H18N2O4/c1-2-16-6-8-17(9-7-16)15-34-20-12-18-4-3-5-21-25(18)22(14-20)26-29-23-13-19(28(32)33)10-11-24(23)30(26)27(21)31/h2-14H,1,15H2,(H,32,33). The molecule has 0 radical (unpaired) electrons. The van der Waals surface area contributed by atoms with Gasteiger partial charge in [-0.15, -0.1) is 0 Å². The molecule has 1 N–H and O–H groups in total. The number of carbonyl (C=O) groups is 1. The Balaban J connectivity index is 1.56. The molecule has 0 spiro atoms. The molecule has 0 atom stereocenters. The number of ether oxygens (including phenoxy) is 1. The van der Waals surface area contributed by atoms with Crippen molar-refractivity contribution in [3.8, 4) is 5.75 Å². The van der Waals surface area contributed by atoms with E-state index in [2.05, 4.69) is 11.6 Å². The summed E-state index contributed by atoms with van der Waals surface area (Å²) in [6, 6.07) is 22.0. The lowest BCUT2D eigenvalue weighted by Crippen LogP contribution is -2.13.